The lowest BCUT2D eigenvalue weighted by Gasteiger charge is -2.36. The van der Waals surface area contributed by atoms with E-state index in [2.05, 4.69) is 72.0 Å². The number of aryl methyl sites for hydroxylation is 1. The number of rotatable bonds is 5. The Hall–Kier alpha value is -1.02. The van der Waals surface area contributed by atoms with Gasteiger partial charge in [-0.05, 0) is 45.6 Å². The van der Waals surface area contributed by atoms with Gasteiger partial charge in [-0.3, -0.25) is 0 Å². The van der Waals surface area contributed by atoms with Gasteiger partial charge in [0.1, 0.15) is 5.75 Å². The highest BCUT2D eigenvalue weighted by atomic mass is 16.5. The quantitative estimate of drug-likeness (QED) is 0.829. The molecule has 2 nitrogen and oxygen atoms in total. The maximum absolute atomic E-state index is 5.50. The Bertz CT molecular complexity index is 443. The van der Waals surface area contributed by atoms with Crippen LogP contribution in [0.3, 0.4) is 0 Å². The highest BCUT2D eigenvalue weighted by Crippen LogP contribution is 2.31. The second-order valence-corrected chi connectivity index (χ2v) is 7.73. The van der Waals surface area contributed by atoms with Crippen LogP contribution >= 0.6 is 0 Å². The van der Waals surface area contributed by atoms with Crippen molar-refractivity contribution >= 4 is 0 Å². The Balaban J connectivity index is 2.90. The van der Waals surface area contributed by atoms with E-state index in [-0.39, 0.29) is 11.6 Å². The van der Waals surface area contributed by atoms with Gasteiger partial charge < -0.3 is 10.1 Å². The molecule has 1 aromatic rings. The Labute approximate surface area is 124 Å². The van der Waals surface area contributed by atoms with Crippen LogP contribution in [0.1, 0.15) is 65.1 Å². The van der Waals surface area contributed by atoms with Crippen molar-refractivity contribution in [1.29, 1.82) is 0 Å². The number of benzene rings is 1. The molecule has 0 amide bonds. The minimum Gasteiger partial charge on any atom is -0.496 e. The highest BCUT2D eigenvalue weighted by molar-refractivity contribution is 5.39. The standard InChI is InChI=1S/C18H31NO/c1-13-9-10-16(20-8)15(11-13)14(2)19-18(6,7)12-17(3,4)5/h9-11,14,19H,12H2,1-8H3. The number of methoxy groups -OCH3 is 1. The third-order valence-electron chi connectivity index (χ3n) is 3.43. The fourth-order valence-corrected chi connectivity index (χ4v) is 3.23. The van der Waals surface area contributed by atoms with Crippen molar-refractivity contribution in [2.24, 2.45) is 5.41 Å². The normalized spacial score (nSPS) is 14.2. The minimum atomic E-state index is 0.0897. The summed E-state index contributed by atoms with van der Waals surface area (Å²) in [5, 5.41) is 3.75. The highest BCUT2D eigenvalue weighted by Gasteiger charge is 2.27. The second-order valence-electron chi connectivity index (χ2n) is 7.73. The maximum atomic E-state index is 5.50. The Morgan fingerprint density at radius 2 is 1.75 bits per heavy atom. The Kier molecular flexibility index (Phi) is 5.26. The predicted molar refractivity (Wildman–Crippen MR) is 87.4 cm³/mol. The van der Waals surface area contributed by atoms with Gasteiger partial charge >= 0.3 is 0 Å². The number of ether oxygens (including phenoxy) is 1. The zero-order chi connectivity index (χ0) is 15.6. The van der Waals surface area contributed by atoms with Crippen molar-refractivity contribution in [3.8, 4) is 5.75 Å². The molecule has 0 radical (unpaired) electrons. The van der Waals surface area contributed by atoms with Crippen LogP contribution in [0.2, 0.25) is 0 Å². The molecule has 0 saturated carbocycles. The van der Waals surface area contributed by atoms with Gasteiger partial charge in [0, 0.05) is 17.1 Å². The van der Waals surface area contributed by atoms with E-state index in [4.69, 9.17) is 4.74 Å². The van der Waals surface area contributed by atoms with Crippen LogP contribution in [0.25, 0.3) is 0 Å². The molecule has 0 fully saturated rings. The molecule has 1 atom stereocenters. The summed E-state index contributed by atoms with van der Waals surface area (Å²) in [4.78, 5) is 0. The van der Waals surface area contributed by atoms with E-state index in [1.54, 1.807) is 7.11 Å². The lowest BCUT2D eigenvalue weighted by atomic mass is 9.81. The largest absolute Gasteiger partial charge is 0.496 e. The van der Waals surface area contributed by atoms with E-state index in [9.17, 15) is 0 Å². The first-order valence-corrected chi connectivity index (χ1v) is 7.46. The summed E-state index contributed by atoms with van der Waals surface area (Å²) in [6, 6.07) is 6.63. The smallest absolute Gasteiger partial charge is 0.123 e. The van der Waals surface area contributed by atoms with E-state index in [1.165, 1.54) is 11.1 Å². The molecule has 0 aliphatic rings. The van der Waals surface area contributed by atoms with Crippen LogP contribution in [0, 0.1) is 12.3 Å². The molecule has 0 aromatic heterocycles. The van der Waals surface area contributed by atoms with Gasteiger partial charge in [-0.1, -0.05) is 38.5 Å². The van der Waals surface area contributed by atoms with Crippen molar-refractivity contribution < 1.29 is 4.74 Å². The minimum absolute atomic E-state index is 0.0897. The van der Waals surface area contributed by atoms with Gasteiger partial charge in [0.15, 0.2) is 0 Å². The van der Waals surface area contributed by atoms with Crippen LogP contribution in [0.4, 0.5) is 0 Å². The molecule has 0 aliphatic carbocycles. The van der Waals surface area contributed by atoms with Crippen LogP contribution in [-0.4, -0.2) is 12.6 Å². The summed E-state index contributed by atoms with van der Waals surface area (Å²) in [6.07, 6.45) is 1.12. The van der Waals surface area contributed by atoms with E-state index < -0.39 is 0 Å². The molecule has 0 heterocycles. The Morgan fingerprint density at radius 1 is 1.15 bits per heavy atom. The molecular formula is C18H31NO. The molecule has 0 saturated heterocycles. The fraction of sp³-hybridized carbons (Fsp3) is 0.667. The lowest BCUT2D eigenvalue weighted by Crippen LogP contribution is -2.43. The first kappa shape index (κ1) is 17.0. The molecule has 0 aliphatic heterocycles. The van der Waals surface area contributed by atoms with E-state index in [0.717, 1.165) is 12.2 Å². The predicted octanol–water partition coefficient (Wildman–Crippen LogP) is 4.87. The van der Waals surface area contributed by atoms with Crippen LogP contribution < -0.4 is 10.1 Å². The van der Waals surface area contributed by atoms with Gasteiger partial charge in [-0.15, -0.1) is 0 Å². The molecule has 2 heteroatoms. The molecule has 20 heavy (non-hydrogen) atoms. The average molecular weight is 277 g/mol. The van der Waals surface area contributed by atoms with Crippen LogP contribution in [-0.2, 0) is 0 Å². The molecular weight excluding hydrogens is 246 g/mol. The van der Waals surface area contributed by atoms with E-state index in [0.29, 0.717) is 5.41 Å². The Morgan fingerprint density at radius 3 is 2.25 bits per heavy atom. The molecule has 1 unspecified atom stereocenters. The van der Waals surface area contributed by atoms with Crippen LogP contribution in [0.15, 0.2) is 18.2 Å². The van der Waals surface area contributed by atoms with Crippen molar-refractivity contribution in [1.82, 2.24) is 5.32 Å². The SMILES string of the molecule is COc1ccc(C)cc1C(C)NC(C)(C)CC(C)(C)C. The first-order valence-electron chi connectivity index (χ1n) is 7.46. The summed E-state index contributed by atoms with van der Waals surface area (Å²) in [5.41, 5.74) is 2.90. The summed E-state index contributed by atoms with van der Waals surface area (Å²) in [5.74, 6) is 0.960. The lowest BCUT2D eigenvalue weighted by molar-refractivity contribution is 0.225. The van der Waals surface area contributed by atoms with Gasteiger partial charge in [0.25, 0.3) is 0 Å². The van der Waals surface area contributed by atoms with Gasteiger partial charge in [0.05, 0.1) is 7.11 Å². The number of nitrogens with one attached hydrogen (secondary N) is 1. The second kappa shape index (κ2) is 6.17. The van der Waals surface area contributed by atoms with Crippen molar-refractivity contribution in [2.45, 2.75) is 66.5 Å². The third-order valence-corrected chi connectivity index (χ3v) is 3.43. The first-order chi connectivity index (χ1) is 9.04. The molecule has 1 N–H and O–H groups in total. The number of hydrogen-bond acceptors (Lipinski definition) is 2. The van der Waals surface area contributed by atoms with E-state index in [1.807, 2.05) is 0 Å². The molecule has 0 bridgehead atoms. The van der Waals surface area contributed by atoms with E-state index >= 15 is 0 Å². The topological polar surface area (TPSA) is 21.3 Å². The average Bonchev–Trinajstić information content (AvgIpc) is 2.24. The van der Waals surface area contributed by atoms with Gasteiger partial charge in [-0.2, -0.15) is 0 Å². The summed E-state index contributed by atoms with van der Waals surface area (Å²) in [7, 11) is 1.74. The monoisotopic (exact) mass is 277 g/mol. The molecule has 1 rings (SSSR count). The van der Waals surface area contributed by atoms with Crippen LogP contribution in [0.5, 0.6) is 5.75 Å². The van der Waals surface area contributed by atoms with Gasteiger partial charge in [0.2, 0.25) is 0 Å². The van der Waals surface area contributed by atoms with Crippen molar-refractivity contribution in [3.63, 3.8) is 0 Å². The summed E-state index contributed by atoms with van der Waals surface area (Å²) in [6.45, 7) is 15.7. The third kappa shape index (κ3) is 5.16. The summed E-state index contributed by atoms with van der Waals surface area (Å²) >= 11 is 0. The molecule has 1 aromatic carbocycles. The maximum Gasteiger partial charge on any atom is 0.123 e. The number of hydrogen-bond donors (Lipinski definition) is 1. The fourth-order valence-electron chi connectivity index (χ4n) is 3.23. The molecule has 114 valence electrons. The molecule has 0 spiro atoms. The summed E-state index contributed by atoms with van der Waals surface area (Å²) < 4.78 is 5.50. The zero-order valence-electron chi connectivity index (χ0n) is 14.4. The van der Waals surface area contributed by atoms with Crippen molar-refractivity contribution in [3.05, 3.63) is 29.3 Å². The van der Waals surface area contributed by atoms with Crippen molar-refractivity contribution in [2.75, 3.05) is 7.11 Å². The van der Waals surface area contributed by atoms with Gasteiger partial charge in [-0.25, -0.2) is 0 Å². The zero-order valence-corrected chi connectivity index (χ0v) is 14.4.